The Labute approximate surface area is 200 Å². The molecule has 33 heavy (non-hydrogen) atoms. The lowest BCUT2D eigenvalue weighted by atomic mass is 10.0. The highest BCUT2D eigenvalue weighted by Gasteiger charge is 2.30. The number of nitrogens with zero attached hydrogens (tertiary/aromatic N) is 1. The van der Waals surface area contributed by atoms with Crippen LogP contribution in [0.25, 0.3) is 0 Å². The first kappa shape index (κ1) is 24.3. The summed E-state index contributed by atoms with van der Waals surface area (Å²) in [4.78, 5) is 28.1. The van der Waals surface area contributed by atoms with Crippen LogP contribution in [0.4, 0.5) is 0 Å². The van der Waals surface area contributed by atoms with Gasteiger partial charge in [-0.25, -0.2) is 0 Å². The second kappa shape index (κ2) is 12.1. The quantitative estimate of drug-likeness (QED) is 0.468. The monoisotopic (exact) mass is 464 g/mol. The number of nitrogens with one attached hydrogen (secondary N) is 1. The second-order valence-corrected chi connectivity index (χ2v) is 8.29. The maximum atomic E-state index is 13.4. The van der Waals surface area contributed by atoms with Crippen molar-refractivity contribution >= 4 is 23.4 Å². The van der Waals surface area contributed by atoms with Crippen LogP contribution in [-0.4, -0.2) is 35.9 Å². The molecule has 3 aromatic carbocycles. The van der Waals surface area contributed by atoms with Gasteiger partial charge in [-0.2, -0.15) is 0 Å². The largest absolute Gasteiger partial charge is 0.484 e. The molecule has 0 bridgehead atoms. The van der Waals surface area contributed by atoms with E-state index in [9.17, 15) is 9.59 Å². The lowest BCUT2D eigenvalue weighted by Gasteiger charge is -2.31. The van der Waals surface area contributed by atoms with Gasteiger partial charge in [-0.05, 0) is 54.8 Å². The Morgan fingerprint density at radius 1 is 0.970 bits per heavy atom. The van der Waals surface area contributed by atoms with Gasteiger partial charge in [-0.1, -0.05) is 66.2 Å². The predicted molar refractivity (Wildman–Crippen MR) is 131 cm³/mol. The van der Waals surface area contributed by atoms with E-state index >= 15 is 0 Å². The van der Waals surface area contributed by atoms with Crippen LogP contribution in [0.5, 0.6) is 5.75 Å². The number of hydrogen-bond donors (Lipinski definition) is 1. The van der Waals surface area contributed by atoms with Gasteiger partial charge in [-0.3, -0.25) is 9.59 Å². The number of aryl methyl sites for hydroxylation is 1. The summed E-state index contributed by atoms with van der Waals surface area (Å²) in [5.74, 6) is 0.158. The zero-order chi connectivity index (χ0) is 23.6. The minimum absolute atomic E-state index is 0.165. The van der Waals surface area contributed by atoms with Crippen molar-refractivity contribution in [2.75, 3.05) is 13.2 Å². The Kier molecular flexibility index (Phi) is 8.90. The van der Waals surface area contributed by atoms with Crippen LogP contribution >= 0.6 is 11.6 Å². The molecular weight excluding hydrogens is 436 g/mol. The van der Waals surface area contributed by atoms with E-state index in [-0.39, 0.29) is 25.0 Å². The van der Waals surface area contributed by atoms with Gasteiger partial charge in [0.15, 0.2) is 6.61 Å². The van der Waals surface area contributed by atoms with E-state index in [1.807, 2.05) is 80.6 Å². The van der Waals surface area contributed by atoms with E-state index in [0.717, 1.165) is 16.7 Å². The molecule has 1 atom stereocenters. The summed E-state index contributed by atoms with van der Waals surface area (Å²) in [6, 6.07) is 23.8. The molecule has 0 fully saturated rings. The van der Waals surface area contributed by atoms with Crippen LogP contribution in [0.3, 0.4) is 0 Å². The molecule has 2 amide bonds. The minimum Gasteiger partial charge on any atom is -0.484 e. The molecule has 3 aromatic rings. The number of amides is 2. The van der Waals surface area contributed by atoms with Gasteiger partial charge in [-0.15, -0.1) is 0 Å². The summed E-state index contributed by atoms with van der Waals surface area (Å²) in [6.45, 7) is 4.41. The fourth-order valence-corrected chi connectivity index (χ4v) is 3.69. The molecule has 0 spiro atoms. The van der Waals surface area contributed by atoms with Crippen molar-refractivity contribution in [3.05, 3.63) is 101 Å². The van der Waals surface area contributed by atoms with Crippen LogP contribution in [0.1, 0.15) is 23.6 Å². The number of likely N-dealkylation sites (N-methyl/N-ethyl adjacent to an activating group) is 1. The fourth-order valence-electron chi connectivity index (χ4n) is 3.57. The van der Waals surface area contributed by atoms with Crippen molar-refractivity contribution in [2.24, 2.45) is 0 Å². The summed E-state index contributed by atoms with van der Waals surface area (Å²) in [5, 5.41) is 3.50. The van der Waals surface area contributed by atoms with E-state index in [1.165, 1.54) is 0 Å². The smallest absolute Gasteiger partial charge is 0.261 e. The molecule has 0 aromatic heterocycles. The van der Waals surface area contributed by atoms with Crippen LogP contribution in [0.15, 0.2) is 78.9 Å². The van der Waals surface area contributed by atoms with Crippen molar-refractivity contribution in [3.8, 4) is 5.75 Å². The highest BCUT2D eigenvalue weighted by Crippen LogP contribution is 2.18. The number of ether oxygens (including phenoxy) is 1. The van der Waals surface area contributed by atoms with Crippen molar-refractivity contribution < 1.29 is 14.3 Å². The zero-order valence-corrected chi connectivity index (χ0v) is 19.7. The first-order valence-electron chi connectivity index (χ1n) is 11.0. The Bertz CT molecular complexity index is 1050. The van der Waals surface area contributed by atoms with Gasteiger partial charge in [0.1, 0.15) is 11.8 Å². The molecule has 0 aliphatic heterocycles. The van der Waals surface area contributed by atoms with Crippen LogP contribution in [0.2, 0.25) is 5.02 Å². The molecule has 0 heterocycles. The molecule has 172 valence electrons. The molecule has 1 N–H and O–H groups in total. The number of benzene rings is 3. The van der Waals surface area contributed by atoms with E-state index in [4.69, 9.17) is 16.3 Å². The maximum Gasteiger partial charge on any atom is 0.261 e. The highest BCUT2D eigenvalue weighted by molar-refractivity contribution is 6.30. The number of carbonyl (C=O) groups is 2. The molecule has 1 unspecified atom stereocenters. The Balaban J connectivity index is 1.88. The summed E-state index contributed by atoms with van der Waals surface area (Å²) < 4.78 is 5.78. The summed E-state index contributed by atoms with van der Waals surface area (Å²) >= 11 is 6.04. The number of carbonyl (C=O) groups excluding carboxylic acids is 2. The zero-order valence-electron chi connectivity index (χ0n) is 19.0. The number of hydrogen-bond acceptors (Lipinski definition) is 3. The molecule has 0 saturated carbocycles. The first-order valence-corrected chi connectivity index (χ1v) is 11.4. The lowest BCUT2D eigenvalue weighted by molar-refractivity contribution is -0.142. The van der Waals surface area contributed by atoms with Crippen molar-refractivity contribution in [1.29, 1.82) is 0 Å². The molecule has 3 rings (SSSR count). The Morgan fingerprint density at radius 2 is 1.70 bits per heavy atom. The van der Waals surface area contributed by atoms with E-state index < -0.39 is 6.04 Å². The Morgan fingerprint density at radius 3 is 2.36 bits per heavy atom. The van der Waals surface area contributed by atoms with Crippen LogP contribution in [0, 0.1) is 6.92 Å². The molecule has 0 aliphatic carbocycles. The third-order valence-corrected chi connectivity index (χ3v) is 5.49. The minimum atomic E-state index is -0.684. The average molecular weight is 465 g/mol. The van der Waals surface area contributed by atoms with E-state index in [1.54, 1.807) is 17.0 Å². The third kappa shape index (κ3) is 7.36. The van der Waals surface area contributed by atoms with Gasteiger partial charge in [0.2, 0.25) is 5.91 Å². The summed E-state index contributed by atoms with van der Waals surface area (Å²) in [5.41, 5.74) is 2.90. The predicted octanol–water partition coefficient (Wildman–Crippen LogP) is 4.80. The summed E-state index contributed by atoms with van der Waals surface area (Å²) in [6.07, 6.45) is 0.399. The normalized spacial score (nSPS) is 11.5. The van der Waals surface area contributed by atoms with Crippen LogP contribution in [-0.2, 0) is 22.6 Å². The van der Waals surface area contributed by atoms with E-state index in [0.29, 0.717) is 23.7 Å². The number of rotatable bonds is 10. The number of halogens is 1. The van der Waals surface area contributed by atoms with E-state index in [2.05, 4.69) is 5.32 Å². The van der Waals surface area contributed by atoms with Gasteiger partial charge < -0.3 is 15.0 Å². The van der Waals surface area contributed by atoms with Crippen molar-refractivity contribution in [3.63, 3.8) is 0 Å². The fraction of sp³-hybridized carbons (Fsp3) is 0.259. The van der Waals surface area contributed by atoms with Gasteiger partial charge in [0.25, 0.3) is 5.91 Å². The third-order valence-electron chi connectivity index (χ3n) is 5.24. The Hall–Kier alpha value is -3.31. The maximum absolute atomic E-state index is 13.4. The molecule has 5 nitrogen and oxygen atoms in total. The lowest BCUT2D eigenvalue weighted by Crippen LogP contribution is -2.51. The average Bonchev–Trinajstić information content (AvgIpc) is 2.82. The topological polar surface area (TPSA) is 58.6 Å². The first-order chi connectivity index (χ1) is 16.0. The second-order valence-electron chi connectivity index (χ2n) is 7.85. The van der Waals surface area contributed by atoms with Gasteiger partial charge >= 0.3 is 0 Å². The molecule has 0 aliphatic rings. The van der Waals surface area contributed by atoms with Gasteiger partial charge in [0, 0.05) is 24.5 Å². The SMILES string of the molecule is CCNC(=O)C(Cc1ccccc1)N(Cc1ccc(Cl)cc1)C(=O)COc1cccc(C)c1. The molecule has 0 saturated heterocycles. The van der Waals surface area contributed by atoms with Crippen molar-refractivity contribution in [1.82, 2.24) is 10.2 Å². The molecular formula is C27H29ClN2O3. The molecule has 0 radical (unpaired) electrons. The van der Waals surface area contributed by atoms with Crippen molar-refractivity contribution in [2.45, 2.75) is 32.9 Å². The highest BCUT2D eigenvalue weighted by atomic mass is 35.5. The van der Waals surface area contributed by atoms with Crippen LogP contribution < -0.4 is 10.1 Å². The molecule has 6 heteroatoms. The van der Waals surface area contributed by atoms with Gasteiger partial charge in [0.05, 0.1) is 0 Å². The summed E-state index contributed by atoms with van der Waals surface area (Å²) in [7, 11) is 0. The standard InChI is InChI=1S/C27H29ClN2O3/c1-3-29-27(32)25(17-21-9-5-4-6-10-21)30(18-22-12-14-23(28)15-13-22)26(31)19-33-24-11-7-8-20(2)16-24/h4-16,25H,3,17-19H2,1-2H3,(H,29,32).